The Balaban J connectivity index is 1.66. The Bertz CT molecular complexity index is 895. The topological polar surface area (TPSA) is 69.0 Å². The average Bonchev–Trinajstić information content (AvgIpc) is 3.16. The van der Waals surface area contributed by atoms with Gasteiger partial charge in [0, 0.05) is 11.3 Å². The number of benzene rings is 2. The predicted molar refractivity (Wildman–Crippen MR) is 111 cm³/mol. The maximum Gasteiger partial charge on any atom is 0.251 e. The molecule has 0 spiro atoms. The molecule has 0 aliphatic heterocycles. The molecule has 1 heterocycles. The van der Waals surface area contributed by atoms with E-state index in [-0.39, 0.29) is 12.5 Å². The standard InChI is InChI=1S/C21H24N4O2S/c1-3-4-14-27-18-12-10-16(11-13-18)20(26)22-15-19-23-24-21(28-2)25(19)17-8-6-5-7-9-17/h5-13H,3-4,14-15H2,1-2H3,(H,22,26). The molecule has 2 aromatic carbocycles. The lowest BCUT2D eigenvalue weighted by Gasteiger charge is -2.10. The van der Waals surface area contributed by atoms with Crippen LogP contribution < -0.4 is 10.1 Å². The van der Waals surface area contributed by atoms with E-state index >= 15 is 0 Å². The van der Waals surface area contributed by atoms with E-state index in [1.807, 2.05) is 53.3 Å². The molecular weight excluding hydrogens is 372 g/mol. The normalized spacial score (nSPS) is 10.6. The Morgan fingerprint density at radius 3 is 2.54 bits per heavy atom. The summed E-state index contributed by atoms with van der Waals surface area (Å²) in [5.74, 6) is 1.30. The van der Waals surface area contributed by atoms with Crippen LogP contribution in [0.4, 0.5) is 0 Å². The molecule has 1 N–H and O–H groups in total. The fraction of sp³-hybridized carbons (Fsp3) is 0.286. The number of thioether (sulfide) groups is 1. The largest absolute Gasteiger partial charge is 0.494 e. The molecule has 0 aliphatic carbocycles. The van der Waals surface area contributed by atoms with Gasteiger partial charge in [-0.25, -0.2) is 0 Å². The summed E-state index contributed by atoms with van der Waals surface area (Å²) in [5, 5.41) is 12.2. The van der Waals surface area contributed by atoms with E-state index in [0.29, 0.717) is 18.0 Å². The smallest absolute Gasteiger partial charge is 0.251 e. The van der Waals surface area contributed by atoms with Crippen LogP contribution in [0.5, 0.6) is 5.75 Å². The second-order valence-electron chi connectivity index (χ2n) is 6.18. The third-order valence-electron chi connectivity index (χ3n) is 4.19. The van der Waals surface area contributed by atoms with Crippen molar-refractivity contribution in [2.24, 2.45) is 0 Å². The number of para-hydroxylation sites is 1. The predicted octanol–water partition coefficient (Wildman–Crippen LogP) is 4.10. The first-order valence-electron chi connectivity index (χ1n) is 9.27. The van der Waals surface area contributed by atoms with Crippen molar-refractivity contribution in [2.75, 3.05) is 12.9 Å². The van der Waals surface area contributed by atoms with E-state index in [4.69, 9.17) is 4.74 Å². The van der Waals surface area contributed by atoms with Gasteiger partial charge in [-0.05, 0) is 49.1 Å². The SMILES string of the molecule is CCCCOc1ccc(C(=O)NCc2nnc(SC)n2-c2ccccc2)cc1. The number of unbranched alkanes of at least 4 members (excludes halogenated alkanes) is 1. The number of hydrogen-bond donors (Lipinski definition) is 1. The monoisotopic (exact) mass is 396 g/mol. The first-order valence-corrected chi connectivity index (χ1v) is 10.5. The lowest BCUT2D eigenvalue weighted by molar-refractivity contribution is 0.0949. The third kappa shape index (κ3) is 4.92. The molecular formula is C21H24N4O2S. The Kier molecular flexibility index (Phi) is 7.08. The number of nitrogens with zero attached hydrogens (tertiary/aromatic N) is 3. The highest BCUT2D eigenvalue weighted by atomic mass is 32.2. The van der Waals surface area contributed by atoms with Crippen molar-refractivity contribution in [3.8, 4) is 11.4 Å². The van der Waals surface area contributed by atoms with Gasteiger partial charge in [-0.2, -0.15) is 0 Å². The Morgan fingerprint density at radius 1 is 1.11 bits per heavy atom. The van der Waals surface area contributed by atoms with Gasteiger partial charge in [0.25, 0.3) is 5.91 Å². The first-order chi connectivity index (χ1) is 13.7. The van der Waals surface area contributed by atoms with Crippen LogP contribution in [0, 0.1) is 0 Å². The summed E-state index contributed by atoms with van der Waals surface area (Å²) in [6, 6.07) is 17.1. The van der Waals surface area contributed by atoms with E-state index in [2.05, 4.69) is 22.4 Å². The van der Waals surface area contributed by atoms with E-state index in [9.17, 15) is 4.79 Å². The molecule has 1 amide bonds. The molecule has 1 aromatic heterocycles. The van der Waals surface area contributed by atoms with Crippen LogP contribution in [-0.2, 0) is 6.54 Å². The summed E-state index contributed by atoms with van der Waals surface area (Å²) < 4.78 is 7.59. The fourth-order valence-corrected chi connectivity index (χ4v) is 3.20. The molecule has 0 bridgehead atoms. The number of ether oxygens (including phenoxy) is 1. The minimum absolute atomic E-state index is 0.159. The lowest BCUT2D eigenvalue weighted by Crippen LogP contribution is -2.24. The van der Waals surface area contributed by atoms with Crippen LogP contribution >= 0.6 is 11.8 Å². The number of aromatic nitrogens is 3. The van der Waals surface area contributed by atoms with E-state index in [1.54, 1.807) is 12.1 Å². The molecule has 3 aromatic rings. The fourth-order valence-electron chi connectivity index (χ4n) is 2.68. The first kappa shape index (κ1) is 19.9. The van der Waals surface area contributed by atoms with Gasteiger partial charge < -0.3 is 10.1 Å². The maximum atomic E-state index is 12.5. The average molecular weight is 397 g/mol. The highest BCUT2D eigenvalue weighted by Gasteiger charge is 2.14. The zero-order valence-corrected chi connectivity index (χ0v) is 16.9. The number of carbonyl (C=O) groups excluding carboxylic acids is 1. The van der Waals surface area contributed by atoms with Crippen LogP contribution in [0.15, 0.2) is 59.8 Å². The molecule has 0 saturated carbocycles. The Hall–Kier alpha value is -2.80. The van der Waals surface area contributed by atoms with Crippen molar-refractivity contribution in [2.45, 2.75) is 31.5 Å². The van der Waals surface area contributed by atoms with Gasteiger partial charge in [0.1, 0.15) is 5.75 Å². The van der Waals surface area contributed by atoms with Crippen molar-refractivity contribution >= 4 is 17.7 Å². The number of hydrogen-bond acceptors (Lipinski definition) is 5. The number of amides is 1. The molecule has 0 fully saturated rings. The van der Waals surface area contributed by atoms with Crippen LogP contribution in [-0.4, -0.2) is 33.5 Å². The van der Waals surface area contributed by atoms with Gasteiger partial charge in [0.2, 0.25) is 0 Å². The second kappa shape index (κ2) is 9.94. The van der Waals surface area contributed by atoms with E-state index < -0.39 is 0 Å². The van der Waals surface area contributed by atoms with Crippen LogP contribution in [0.1, 0.15) is 35.9 Å². The second-order valence-corrected chi connectivity index (χ2v) is 6.96. The molecule has 146 valence electrons. The zero-order valence-electron chi connectivity index (χ0n) is 16.1. The minimum atomic E-state index is -0.159. The third-order valence-corrected chi connectivity index (χ3v) is 4.82. The van der Waals surface area contributed by atoms with Crippen LogP contribution in [0.25, 0.3) is 5.69 Å². The number of nitrogens with one attached hydrogen (secondary N) is 1. The van der Waals surface area contributed by atoms with Crippen molar-refractivity contribution in [3.05, 3.63) is 66.0 Å². The van der Waals surface area contributed by atoms with Gasteiger partial charge in [-0.15, -0.1) is 10.2 Å². The van der Waals surface area contributed by atoms with Crippen molar-refractivity contribution in [1.82, 2.24) is 20.1 Å². The summed E-state index contributed by atoms with van der Waals surface area (Å²) in [6.45, 7) is 3.10. The molecule has 0 radical (unpaired) electrons. The zero-order chi connectivity index (χ0) is 19.8. The Labute approximate surface area is 169 Å². The van der Waals surface area contributed by atoms with Gasteiger partial charge >= 0.3 is 0 Å². The van der Waals surface area contributed by atoms with Crippen molar-refractivity contribution < 1.29 is 9.53 Å². The highest BCUT2D eigenvalue weighted by Crippen LogP contribution is 2.20. The van der Waals surface area contributed by atoms with Crippen LogP contribution in [0.2, 0.25) is 0 Å². The molecule has 0 saturated heterocycles. The molecule has 0 atom stereocenters. The molecule has 0 unspecified atom stereocenters. The van der Waals surface area contributed by atoms with Gasteiger partial charge in [0.05, 0.1) is 13.2 Å². The highest BCUT2D eigenvalue weighted by molar-refractivity contribution is 7.98. The molecule has 0 aliphatic rings. The maximum absolute atomic E-state index is 12.5. The van der Waals surface area contributed by atoms with Gasteiger partial charge in [-0.1, -0.05) is 43.3 Å². The lowest BCUT2D eigenvalue weighted by atomic mass is 10.2. The Morgan fingerprint density at radius 2 is 1.86 bits per heavy atom. The van der Waals surface area contributed by atoms with Gasteiger partial charge in [-0.3, -0.25) is 9.36 Å². The number of rotatable bonds is 9. The van der Waals surface area contributed by atoms with E-state index in [1.165, 1.54) is 11.8 Å². The minimum Gasteiger partial charge on any atom is -0.494 e. The van der Waals surface area contributed by atoms with Gasteiger partial charge in [0.15, 0.2) is 11.0 Å². The number of carbonyl (C=O) groups is 1. The van der Waals surface area contributed by atoms with Crippen molar-refractivity contribution in [3.63, 3.8) is 0 Å². The van der Waals surface area contributed by atoms with Crippen molar-refractivity contribution in [1.29, 1.82) is 0 Å². The molecule has 3 rings (SSSR count). The molecule has 6 nitrogen and oxygen atoms in total. The summed E-state index contributed by atoms with van der Waals surface area (Å²) in [5.41, 5.74) is 1.55. The summed E-state index contributed by atoms with van der Waals surface area (Å²) in [7, 11) is 0. The summed E-state index contributed by atoms with van der Waals surface area (Å²) >= 11 is 1.51. The summed E-state index contributed by atoms with van der Waals surface area (Å²) in [4.78, 5) is 12.5. The molecule has 28 heavy (non-hydrogen) atoms. The summed E-state index contributed by atoms with van der Waals surface area (Å²) in [6.07, 6.45) is 4.06. The molecule has 7 heteroatoms. The quantitative estimate of drug-likeness (QED) is 0.436. The van der Waals surface area contributed by atoms with E-state index in [0.717, 1.165) is 29.4 Å². The van der Waals surface area contributed by atoms with Crippen LogP contribution in [0.3, 0.4) is 0 Å².